The fourth-order valence-electron chi connectivity index (χ4n) is 2.55. The van der Waals surface area contributed by atoms with Crippen LogP contribution >= 0.6 is 11.8 Å². The summed E-state index contributed by atoms with van der Waals surface area (Å²) in [6.07, 6.45) is 0.280. The lowest BCUT2D eigenvalue weighted by Gasteiger charge is -2.11. The number of nitriles is 1. The normalized spacial score (nSPS) is 10.8. The van der Waals surface area contributed by atoms with E-state index in [0.29, 0.717) is 22.7 Å². The zero-order valence-corrected chi connectivity index (χ0v) is 14.1. The molecule has 0 spiro atoms. The Hall–Kier alpha value is -2.65. The standard InChI is InChI=1S/C19H15F2N3S/c20-18(21)24-17(15-10-5-2-6-11-15)16(14-8-3-1-4-9-14)23-19(24)25-13-7-12-22/h1-6,8-11,18H,7,13H2. The van der Waals surface area contributed by atoms with E-state index >= 15 is 0 Å². The average Bonchev–Trinajstić information content (AvgIpc) is 3.03. The topological polar surface area (TPSA) is 41.6 Å². The van der Waals surface area contributed by atoms with E-state index in [2.05, 4.69) is 4.98 Å². The predicted octanol–water partition coefficient (Wildman–Crippen LogP) is 5.62. The van der Waals surface area contributed by atoms with Gasteiger partial charge in [0.15, 0.2) is 5.16 Å². The summed E-state index contributed by atoms with van der Waals surface area (Å²) in [5.41, 5.74) is 2.37. The minimum atomic E-state index is -2.72. The molecule has 126 valence electrons. The highest BCUT2D eigenvalue weighted by Crippen LogP contribution is 2.38. The number of nitrogens with zero attached hydrogens (tertiary/aromatic N) is 3. The Morgan fingerprint density at radius 1 is 1.00 bits per heavy atom. The van der Waals surface area contributed by atoms with Gasteiger partial charge in [-0.15, -0.1) is 0 Å². The molecule has 0 radical (unpaired) electrons. The van der Waals surface area contributed by atoms with Crippen molar-refractivity contribution in [1.82, 2.24) is 9.55 Å². The lowest BCUT2D eigenvalue weighted by molar-refractivity contribution is 0.0628. The van der Waals surface area contributed by atoms with Crippen molar-refractivity contribution in [2.75, 3.05) is 5.75 Å². The minimum Gasteiger partial charge on any atom is -0.260 e. The summed E-state index contributed by atoms with van der Waals surface area (Å²) in [7, 11) is 0. The number of alkyl halides is 2. The fraction of sp³-hybridized carbons (Fsp3) is 0.158. The van der Waals surface area contributed by atoms with Gasteiger partial charge in [0.1, 0.15) is 0 Å². The Morgan fingerprint density at radius 2 is 1.60 bits per heavy atom. The SMILES string of the molecule is N#CCCSc1nc(-c2ccccc2)c(-c2ccccc2)n1C(F)F. The van der Waals surface area contributed by atoms with Crippen molar-refractivity contribution in [3.8, 4) is 28.6 Å². The van der Waals surface area contributed by atoms with E-state index < -0.39 is 6.55 Å². The van der Waals surface area contributed by atoms with E-state index in [9.17, 15) is 8.78 Å². The molecule has 3 aromatic rings. The first-order valence-electron chi connectivity index (χ1n) is 7.73. The molecule has 3 rings (SSSR count). The van der Waals surface area contributed by atoms with Gasteiger partial charge in [-0.3, -0.25) is 4.57 Å². The van der Waals surface area contributed by atoms with Gasteiger partial charge in [-0.1, -0.05) is 72.4 Å². The van der Waals surface area contributed by atoms with Gasteiger partial charge in [-0.05, 0) is 0 Å². The third kappa shape index (κ3) is 3.72. The van der Waals surface area contributed by atoms with E-state index in [4.69, 9.17) is 5.26 Å². The van der Waals surface area contributed by atoms with Crippen LogP contribution in [-0.2, 0) is 0 Å². The van der Waals surface area contributed by atoms with Crippen LogP contribution in [0.2, 0.25) is 0 Å². The number of benzene rings is 2. The molecular weight excluding hydrogens is 340 g/mol. The number of hydrogen-bond acceptors (Lipinski definition) is 3. The van der Waals surface area contributed by atoms with E-state index in [-0.39, 0.29) is 11.6 Å². The molecule has 0 unspecified atom stereocenters. The molecule has 0 N–H and O–H groups in total. The van der Waals surface area contributed by atoms with Crippen LogP contribution in [0, 0.1) is 11.3 Å². The van der Waals surface area contributed by atoms with Crippen LogP contribution in [0.15, 0.2) is 65.8 Å². The number of thioether (sulfide) groups is 1. The van der Waals surface area contributed by atoms with Crippen LogP contribution < -0.4 is 0 Å². The van der Waals surface area contributed by atoms with Crippen molar-refractivity contribution < 1.29 is 8.78 Å². The molecule has 1 heterocycles. The Kier molecular flexibility index (Phi) is 5.46. The van der Waals surface area contributed by atoms with Gasteiger partial charge >= 0.3 is 6.55 Å². The molecule has 0 aliphatic heterocycles. The molecule has 0 bridgehead atoms. The highest BCUT2D eigenvalue weighted by atomic mass is 32.2. The number of imidazole rings is 1. The molecule has 3 nitrogen and oxygen atoms in total. The molecule has 25 heavy (non-hydrogen) atoms. The largest absolute Gasteiger partial charge is 0.321 e. The Morgan fingerprint density at radius 3 is 2.16 bits per heavy atom. The number of hydrogen-bond donors (Lipinski definition) is 0. The second-order valence-electron chi connectivity index (χ2n) is 5.23. The third-order valence-electron chi connectivity index (χ3n) is 3.61. The Balaban J connectivity index is 2.19. The van der Waals surface area contributed by atoms with Gasteiger partial charge < -0.3 is 0 Å². The molecule has 1 aromatic heterocycles. The van der Waals surface area contributed by atoms with E-state index in [1.165, 1.54) is 11.8 Å². The number of aromatic nitrogens is 2. The van der Waals surface area contributed by atoms with Crippen LogP contribution in [0.4, 0.5) is 8.78 Å². The Labute approximate surface area is 148 Å². The maximum Gasteiger partial charge on any atom is 0.321 e. The first-order chi connectivity index (χ1) is 12.2. The maximum absolute atomic E-state index is 13.9. The highest BCUT2D eigenvalue weighted by molar-refractivity contribution is 7.99. The highest BCUT2D eigenvalue weighted by Gasteiger charge is 2.24. The van der Waals surface area contributed by atoms with Gasteiger partial charge in [-0.25, -0.2) is 4.98 Å². The quantitative estimate of drug-likeness (QED) is 0.426. The lowest BCUT2D eigenvalue weighted by atomic mass is 10.0. The van der Waals surface area contributed by atoms with Crippen molar-refractivity contribution in [3.05, 3.63) is 60.7 Å². The van der Waals surface area contributed by atoms with Crippen LogP contribution in [0.5, 0.6) is 0 Å². The summed E-state index contributed by atoms with van der Waals surface area (Å²) in [5, 5.41) is 8.92. The molecule has 6 heteroatoms. The van der Waals surface area contributed by atoms with Gasteiger partial charge in [-0.2, -0.15) is 14.0 Å². The van der Waals surface area contributed by atoms with E-state index in [1.807, 2.05) is 54.6 Å². The van der Waals surface area contributed by atoms with E-state index in [1.54, 1.807) is 12.1 Å². The maximum atomic E-state index is 13.9. The first-order valence-corrected chi connectivity index (χ1v) is 8.72. The van der Waals surface area contributed by atoms with Crippen LogP contribution in [0.3, 0.4) is 0 Å². The molecule has 0 aliphatic rings. The van der Waals surface area contributed by atoms with Crippen molar-refractivity contribution in [2.45, 2.75) is 18.1 Å². The predicted molar refractivity (Wildman–Crippen MR) is 95.3 cm³/mol. The molecule has 0 saturated heterocycles. The van der Waals surface area contributed by atoms with Gasteiger partial charge in [0.2, 0.25) is 0 Å². The third-order valence-corrected chi connectivity index (χ3v) is 4.57. The zero-order valence-electron chi connectivity index (χ0n) is 13.3. The summed E-state index contributed by atoms with van der Waals surface area (Å²) in [4.78, 5) is 4.49. The number of halogens is 2. The van der Waals surface area contributed by atoms with Crippen molar-refractivity contribution in [2.24, 2.45) is 0 Å². The van der Waals surface area contributed by atoms with Gasteiger partial charge in [0.05, 0.1) is 17.5 Å². The van der Waals surface area contributed by atoms with Crippen LogP contribution in [0.1, 0.15) is 13.0 Å². The fourth-order valence-corrected chi connectivity index (χ4v) is 3.39. The van der Waals surface area contributed by atoms with E-state index in [0.717, 1.165) is 10.1 Å². The second-order valence-corrected chi connectivity index (χ2v) is 6.29. The molecule has 0 aliphatic carbocycles. The summed E-state index contributed by atoms with van der Waals surface area (Å²) >= 11 is 1.17. The van der Waals surface area contributed by atoms with Crippen molar-refractivity contribution in [3.63, 3.8) is 0 Å². The van der Waals surface area contributed by atoms with Crippen LogP contribution in [-0.4, -0.2) is 15.3 Å². The summed E-state index contributed by atoms with van der Waals surface area (Å²) in [6, 6.07) is 20.4. The average molecular weight is 355 g/mol. The van der Waals surface area contributed by atoms with Gasteiger partial charge in [0.25, 0.3) is 0 Å². The first kappa shape index (κ1) is 17.2. The lowest BCUT2D eigenvalue weighted by Crippen LogP contribution is -2.03. The molecule has 0 atom stereocenters. The molecule has 2 aromatic carbocycles. The monoisotopic (exact) mass is 355 g/mol. The molecule has 0 amide bonds. The summed E-state index contributed by atoms with van der Waals surface area (Å²) < 4.78 is 28.7. The van der Waals surface area contributed by atoms with Crippen molar-refractivity contribution in [1.29, 1.82) is 5.26 Å². The summed E-state index contributed by atoms with van der Waals surface area (Å²) in [5.74, 6) is 0.419. The number of rotatable bonds is 6. The van der Waals surface area contributed by atoms with Crippen LogP contribution in [0.25, 0.3) is 22.5 Å². The molecular formula is C19H15F2N3S. The molecule has 0 saturated carbocycles. The minimum absolute atomic E-state index is 0.225. The van der Waals surface area contributed by atoms with Gasteiger partial charge in [0, 0.05) is 23.3 Å². The summed E-state index contributed by atoms with van der Waals surface area (Å²) in [6.45, 7) is -2.72. The second kappa shape index (κ2) is 7.95. The molecule has 0 fully saturated rings. The zero-order chi connectivity index (χ0) is 17.6. The smallest absolute Gasteiger partial charge is 0.260 e. The Bertz CT molecular complexity index is 871. The van der Waals surface area contributed by atoms with Crippen molar-refractivity contribution >= 4 is 11.8 Å².